The molecule has 3 unspecified atom stereocenters. The highest BCUT2D eigenvalue weighted by atomic mass is 16.2. The number of rotatable bonds is 9. The van der Waals surface area contributed by atoms with Gasteiger partial charge in [-0.05, 0) is 55.9 Å². The third kappa shape index (κ3) is 6.09. The Morgan fingerprint density at radius 1 is 1.16 bits per heavy atom. The second kappa shape index (κ2) is 12.4. The van der Waals surface area contributed by atoms with Crippen LogP contribution >= 0.6 is 0 Å². The van der Waals surface area contributed by atoms with Crippen molar-refractivity contribution in [2.45, 2.75) is 102 Å². The lowest BCUT2D eigenvalue weighted by atomic mass is 9.81. The molecule has 1 aromatic carbocycles. The quantitative estimate of drug-likeness (QED) is 0.390. The van der Waals surface area contributed by atoms with Crippen molar-refractivity contribution in [2.75, 3.05) is 0 Å². The molecule has 7 heteroatoms. The molecule has 206 valence electrons. The SMILES string of the molecule is CC1CCC(c2c(CN/C=C\N)nc([C@H](Cc3ccccc3)NC(=O)C3CC4CCCCC4N3)n2C)CC1. The largest absolute Gasteiger partial charge is 0.403 e. The zero-order valence-corrected chi connectivity index (χ0v) is 23.2. The highest BCUT2D eigenvalue weighted by molar-refractivity contribution is 5.82. The second-order valence-corrected chi connectivity index (χ2v) is 11.9. The van der Waals surface area contributed by atoms with Crippen molar-refractivity contribution >= 4 is 5.91 Å². The molecule has 4 atom stereocenters. The smallest absolute Gasteiger partial charge is 0.237 e. The Bertz CT molecular complexity index is 1070. The molecule has 5 N–H and O–H groups in total. The van der Waals surface area contributed by atoms with E-state index in [0.717, 1.165) is 23.9 Å². The standard InChI is InChI=1S/C31H46N6O/c1-21-12-14-23(15-13-21)29-28(20-33-17-16-32)35-30(37(29)2)26(18-22-8-4-3-5-9-22)36-31(38)27-19-24-10-6-7-11-25(24)34-27/h3-5,8-9,16-17,21,23-27,33-34H,6-7,10-15,18-20,32H2,1-2H3,(H,36,38)/b17-16-/t21?,23?,24?,25?,26-,27?/m0/s1. The average molecular weight is 519 g/mol. The van der Waals surface area contributed by atoms with Crippen LogP contribution in [0, 0.1) is 11.8 Å². The number of benzene rings is 1. The van der Waals surface area contributed by atoms with Gasteiger partial charge in [0.2, 0.25) is 5.91 Å². The van der Waals surface area contributed by atoms with Crippen molar-refractivity contribution in [1.29, 1.82) is 0 Å². The first-order valence-corrected chi connectivity index (χ1v) is 14.8. The van der Waals surface area contributed by atoms with Gasteiger partial charge in [-0.1, -0.05) is 62.9 Å². The maximum Gasteiger partial charge on any atom is 0.237 e. The minimum absolute atomic E-state index is 0.113. The summed E-state index contributed by atoms with van der Waals surface area (Å²) in [5.41, 5.74) is 9.17. The minimum Gasteiger partial charge on any atom is -0.403 e. The molecule has 38 heavy (non-hydrogen) atoms. The van der Waals surface area contributed by atoms with E-state index < -0.39 is 0 Å². The number of carbonyl (C=O) groups excluding carboxylic acids is 1. The number of fused-ring (bicyclic) bond motifs is 1. The third-order valence-electron chi connectivity index (χ3n) is 9.23. The van der Waals surface area contributed by atoms with Gasteiger partial charge in [-0.15, -0.1) is 0 Å². The summed E-state index contributed by atoms with van der Waals surface area (Å²) < 4.78 is 2.29. The van der Waals surface area contributed by atoms with Crippen LogP contribution in [0.2, 0.25) is 0 Å². The van der Waals surface area contributed by atoms with Crippen molar-refractivity contribution in [3.63, 3.8) is 0 Å². The Hall–Kier alpha value is -2.80. The van der Waals surface area contributed by atoms with Crippen LogP contribution in [0.3, 0.4) is 0 Å². The Balaban J connectivity index is 1.43. The van der Waals surface area contributed by atoms with Crippen molar-refractivity contribution in [1.82, 2.24) is 25.5 Å². The van der Waals surface area contributed by atoms with E-state index in [0.29, 0.717) is 30.8 Å². The molecule has 0 bridgehead atoms. The number of nitrogens with zero attached hydrogens (tertiary/aromatic N) is 2. The molecule has 7 nitrogen and oxygen atoms in total. The first kappa shape index (κ1) is 26.8. The van der Waals surface area contributed by atoms with E-state index in [-0.39, 0.29) is 18.0 Å². The molecule has 0 spiro atoms. The van der Waals surface area contributed by atoms with Crippen LogP contribution in [0.5, 0.6) is 0 Å². The number of imidazole rings is 1. The summed E-state index contributed by atoms with van der Waals surface area (Å²) in [7, 11) is 2.14. The molecule has 1 saturated heterocycles. The fourth-order valence-electron chi connectivity index (χ4n) is 7.15. The van der Waals surface area contributed by atoms with Crippen LogP contribution in [-0.4, -0.2) is 27.5 Å². The Kier molecular flexibility index (Phi) is 8.72. The zero-order valence-electron chi connectivity index (χ0n) is 23.2. The average Bonchev–Trinajstić information content (AvgIpc) is 3.51. The molecule has 1 amide bonds. The molecule has 3 aliphatic rings. The van der Waals surface area contributed by atoms with E-state index in [2.05, 4.69) is 58.8 Å². The summed E-state index contributed by atoms with van der Waals surface area (Å²) in [5, 5.41) is 10.4. The van der Waals surface area contributed by atoms with Gasteiger partial charge in [0.05, 0.1) is 24.3 Å². The highest BCUT2D eigenvalue weighted by Gasteiger charge is 2.39. The van der Waals surface area contributed by atoms with Crippen LogP contribution in [0.1, 0.15) is 99.4 Å². The van der Waals surface area contributed by atoms with Gasteiger partial charge in [-0.25, -0.2) is 4.98 Å². The number of nitrogens with two attached hydrogens (primary N) is 1. The molecule has 2 aliphatic carbocycles. The fraction of sp³-hybridized carbons (Fsp3) is 0.613. The van der Waals surface area contributed by atoms with E-state index in [4.69, 9.17) is 10.7 Å². The molecule has 2 heterocycles. The number of hydrogen-bond acceptors (Lipinski definition) is 5. The lowest BCUT2D eigenvalue weighted by Crippen LogP contribution is -2.45. The normalized spacial score (nSPS) is 28.2. The predicted molar refractivity (Wildman–Crippen MR) is 152 cm³/mol. The van der Waals surface area contributed by atoms with Crippen molar-refractivity contribution in [2.24, 2.45) is 24.6 Å². The molecule has 1 aliphatic heterocycles. The number of aromatic nitrogens is 2. The van der Waals surface area contributed by atoms with E-state index in [9.17, 15) is 4.79 Å². The second-order valence-electron chi connectivity index (χ2n) is 11.9. The van der Waals surface area contributed by atoms with Crippen molar-refractivity contribution < 1.29 is 4.79 Å². The molecular weight excluding hydrogens is 472 g/mol. The summed E-state index contributed by atoms with van der Waals surface area (Å²) in [6.07, 6.45) is 14.8. The monoisotopic (exact) mass is 518 g/mol. The van der Waals surface area contributed by atoms with E-state index in [1.54, 1.807) is 6.20 Å². The van der Waals surface area contributed by atoms with Crippen LogP contribution in [0.25, 0.3) is 0 Å². The summed E-state index contributed by atoms with van der Waals surface area (Å²) in [6, 6.07) is 10.6. The first-order chi connectivity index (χ1) is 18.5. The molecule has 2 aromatic rings. The predicted octanol–water partition coefficient (Wildman–Crippen LogP) is 4.55. The zero-order chi connectivity index (χ0) is 26.5. The van der Waals surface area contributed by atoms with E-state index in [1.807, 2.05) is 6.07 Å². The summed E-state index contributed by atoms with van der Waals surface area (Å²) in [5.74, 6) is 2.97. The first-order valence-electron chi connectivity index (χ1n) is 14.8. The summed E-state index contributed by atoms with van der Waals surface area (Å²) in [4.78, 5) is 18.9. The van der Waals surface area contributed by atoms with Crippen LogP contribution in [0.15, 0.2) is 42.7 Å². The van der Waals surface area contributed by atoms with Gasteiger partial charge in [0.15, 0.2) is 0 Å². The third-order valence-corrected chi connectivity index (χ3v) is 9.23. The van der Waals surface area contributed by atoms with Crippen LogP contribution < -0.4 is 21.7 Å². The number of carbonyl (C=O) groups is 1. The molecule has 2 saturated carbocycles. The maximum atomic E-state index is 13.7. The van der Waals surface area contributed by atoms with Gasteiger partial charge in [-0.2, -0.15) is 0 Å². The Labute approximate surface area is 228 Å². The molecule has 0 radical (unpaired) electrons. The fourth-order valence-corrected chi connectivity index (χ4v) is 7.15. The Morgan fingerprint density at radius 3 is 2.66 bits per heavy atom. The number of nitrogens with one attached hydrogen (secondary N) is 3. The van der Waals surface area contributed by atoms with Crippen molar-refractivity contribution in [3.8, 4) is 0 Å². The van der Waals surface area contributed by atoms with Gasteiger partial charge < -0.3 is 26.3 Å². The minimum atomic E-state index is -0.195. The molecule has 5 rings (SSSR count). The van der Waals surface area contributed by atoms with Crippen LogP contribution in [0.4, 0.5) is 0 Å². The van der Waals surface area contributed by atoms with Crippen molar-refractivity contribution in [3.05, 3.63) is 65.5 Å². The van der Waals surface area contributed by atoms with Gasteiger partial charge >= 0.3 is 0 Å². The van der Waals surface area contributed by atoms with Gasteiger partial charge in [0.1, 0.15) is 5.82 Å². The van der Waals surface area contributed by atoms with Crippen LogP contribution in [-0.2, 0) is 24.8 Å². The van der Waals surface area contributed by atoms with E-state index in [1.165, 1.54) is 68.8 Å². The molecule has 1 aromatic heterocycles. The highest BCUT2D eigenvalue weighted by Crippen LogP contribution is 2.38. The summed E-state index contributed by atoms with van der Waals surface area (Å²) >= 11 is 0. The van der Waals surface area contributed by atoms with Gasteiger partial charge in [-0.3, -0.25) is 4.79 Å². The molecule has 3 fully saturated rings. The number of amides is 1. The topological polar surface area (TPSA) is 97.0 Å². The maximum absolute atomic E-state index is 13.7. The number of hydrogen-bond donors (Lipinski definition) is 4. The van der Waals surface area contributed by atoms with Gasteiger partial charge in [0.25, 0.3) is 0 Å². The Morgan fingerprint density at radius 2 is 1.92 bits per heavy atom. The lowest BCUT2D eigenvalue weighted by molar-refractivity contribution is -0.123. The summed E-state index contributed by atoms with van der Waals surface area (Å²) in [6.45, 7) is 2.99. The van der Waals surface area contributed by atoms with E-state index >= 15 is 0 Å². The van der Waals surface area contributed by atoms with Gasteiger partial charge in [0, 0.05) is 37.1 Å². The molecular formula is C31H46N6O. The lowest BCUT2D eigenvalue weighted by Gasteiger charge is -2.28.